The van der Waals surface area contributed by atoms with Gasteiger partial charge in [0.05, 0.1) is 5.02 Å². The standard InChI is InChI=1S/C21H27ClN2O2/c1-3-15(2)11-12-24-14-16-7-10-20(19(22)13-16)26-18-6-4-5-17(8-9-18)21(23)25/h4,6-10,13,15,24H,3,5,11-12,14H2,1-2H3,(H2,23,25). The Morgan fingerprint density at radius 3 is 2.88 bits per heavy atom. The van der Waals surface area contributed by atoms with Crippen LogP contribution in [0.3, 0.4) is 0 Å². The van der Waals surface area contributed by atoms with Gasteiger partial charge in [0.15, 0.2) is 0 Å². The first-order valence-corrected chi connectivity index (χ1v) is 9.41. The van der Waals surface area contributed by atoms with Gasteiger partial charge in [-0.2, -0.15) is 0 Å². The fraction of sp³-hybridized carbons (Fsp3) is 0.381. The van der Waals surface area contributed by atoms with Crippen LogP contribution in [0.4, 0.5) is 0 Å². The zero-order valence-electron chi connectivity index (χ0n) is 15.4. The van der Waals surface area contributed by atoms with E-state index in [1.165, 1.54) is 12.8 Å². The molecule has 5 heteroatoms. The highest BCUT2D eigenvalue weighted by Crippen LogP contribution is 2.28. The average molecular weight is 375 g/mol. The number of nitrogens with one attached hydrogen (secondary N) is 1. The number of benzene rings is 1. The van der Waals surface area contributed by atoms with E-state index in [4.69, 9.17) is 22.1 Å². The van der Waals surface area contributed by atoms with Crippen LogP contribution in [0, 0.1) is 5.92 Å². The maximum atomic E-state index is 11.2. The molecule has 0 heterocycles. The molecule has 1 unspecified atom stereocenters. The number of rotatable bonds is 9. The lowest BCUT2D eigenvalue weighted by molar-refractivity contribution is -0.114. The second-order valence-electron chi connectivity index (χ2n) is 6.58. The molecular formula is C21H27ClN2O2. The molecule has 0 spiro atoms. The highest BCUT2D eigenvalue weighted by molar-refractivity contribution is 6.32. The molecule has 1 aliphatic carbocycles. The van der Waals surface area contributed by atoms with Gasteiger partial charge in [-0.25, -0.2) is 0 Å². The van der Waals surface area contributed by atoms with Crippen molar-refractivity contribution in [1.82, 2.24) is 5.32 Å². The third-order valence-electron chi connectivity index (χ3n) is 4.45. The van der Waals surface area contributed by atoms with Gasteiger partial charge in [-0.15, -0.1) is 0 Å². The first-order valence-electron chi connectivity index (χ1n) is 9.03. The van der Waals surface area contributed by atoms with E-state index in [1.54, 1.807) is 12.2 Å². The Morgan fingerprint density at radius 1 is 1.38 bits per heavy atom. The molecule has 0 saturated heterocycles. The molecule has 0 aromatic heterocycles. The van der Waals surface area contributed by atoms with Crippen molar-refractivity contribution >= 4 is 17.5 Å². The molecule has 2 rings (SSSR count). The first kappa shape index (κ1) is 20.3. The highest BCUT2D eigenvalue weighted by atomic mass is 35.5. The number of halogens is 1. The Hall–Kier alpha value is -2.04. The van der Waals surface area contributed by atoms with Crippen LogP contribution in [0.5, 0.6) is 5.75 Å². The number of hydrogen-bond acceptors (Lipinski definition) is 3. The largest absolute Gasteiger partial charge is 0.456 e. The molecule has 0 saturated carbocycles. The normalized spacial score (nSPS) is 15.0. The molecule has 140 valence electrons. The topological polar surface area (TPSA) is 64.3 Å². The van der Waals surface area contributed by atoms with Crippen molar-refractivity contribution in [3.63, 3.8) is 0 Å². The molecule has 0 radical (unpaired) electrons. The molecule has 4 nitrogen and oxygen atoms in total. The number of ether oxygens (including phenoxy) is 1. The number of nitrogens with two attached hydrogens (primary N) is 1. The summed E-state index contributed by atoms with van der Waals surface area (Å²) in [5.74, 6) is 1.52. The summed E-state index contributed by atoms with van der Waals surface area (Å²) in [5, 5.41) is 4.00. The summed E-state index contributed by atoms with van der Waals surface area (Å²) in [7, 11) is 0. The van der Waals surface area contributed by atoms with Crippen LogP contribution in [0.1, 0.15) is 38.7 Å². The Bertz CT molecular complexity index is 723. The lowest BCUT2D eigenvalue weighted by Crippen LogP contribution is -2.16. The van der Waals surface area contributed by atoms with Gasteiger partial charge in [0.1, 0.15) is 11.5 Å². The van der Waals surface area contributed by atoms with Crippen LogP contribution in [-0.2, 0) is 11.3 Å². The van der Waals surface area contributed by atoms with Gasteiger partial charge in [0, 0.05) is 12.1 Å². The summed E-state index contributed by atoms with van der Waals surface area (Å²) in [6.07, 6.45) is 9.94. The molecular weight excluding hydrogens is 348 g/mol. The van der Waals surface area contributed by atoms with E-state index < -0.39 is 5.91 Å². The van der Waals surface area contributed by atoms with Gasteiger partial charge in [-0.3, -0.25) is 4.79 Å². The quantitative estimate of drug-likeness (QED) is 0.625. The van der Waals surface area contributed by atoms with Gasteiger partial charge in [0.25, 0.3) is 0 Å². The second kappa shape index (κ2) is 10.2. The van der Waals surface area contributed by atoms with Crippen LogP contribution in [0.15, 0.2) is 53.8 Å². The molecule has 0 aliphatic heterocycles. The van der Waals surface area contributed by atoms with Gasteiger partial charge in [-0.1, -0.05) is 44.0 Å². The summed E-state index contributed by atoms with van der Waals surface area (Å²) in [4.78, 5) is 11.2. The maximum Gasteiger partial charge on any atom is 0.244 e. The number of carbonyl (C=O) groups excluding carboxylic acids is 1. The summed E-state index contributed by atoms with van der Waals surface area (Å²) in [6, 6.07) is 5.79. The molecule has 1 aliphatic rings. The Labute approximate surface area is 160 Å². The van der Waals surface area contributed by atoms with E-state index in [2.05, 4.69) is 19.2 Å². The van der Waals surface area contributed by atoms with Gasteiger partial charge < -0.3 is 15.8 Å². The lowest BCUT2D eigenvalue weighted by Gasteiger charge is -2.11. The number of allylic oxidation sites excluding steroid dienone is 4. The molecule has 1 aromatic rings. The van der Waals surface area contributed by atoms with Crippen molar-refractivity contribution < 1.29 is 9.53 Å². The van der Waals surface area contributed by atoms with Crippen molar-refractivity contribution in [2.45, 2.75) is 39.7 Å². The van der Waals surface area contributed by atoms with Crippen LogP contribution < -0.4 is 15.8 Å². The second-order valence-corrected chi connectivity index (χ2v) is 6.98. The van der Waals surface area contributed by atoms with Gasteiger partial charge in [-0.05, 0) is 61.2 Å². The summed E-state index contributed by atoms with van der Waals surface area (Å²) >= 11 is 6.36. The fourth-order valence-corrected chi connectivity index (χ4v) is 2.75. The van der Waals surface area contributed by atoms with Crippen molar-refractivity contribution in [3.8, 4) is 5.75 Å². The minimum absolute atomic E-state index is 0.421. The van der Waals surface area contributed by atoms with E-state index >= 15 is 0 Å². The number of primary amides is 1. The maximum absolute atomic E-state index is 11.2. The third-order valence-corrected chi connectivity index (χ3v) is 4.74. The number of hydrogen-bond donors (Lipinski definition) is 2. The predicted octanol–water partition coefficient (Wildman–Crippen LogP) is 4.50. The molecule has 0 fully saturated rings. The minimum atomic E-state index is -0.421. The third kappa shape index (κ3) is 6.36. The van der Waals surface area contributed by atoms with E-state index in [-0.39, 0.29) is 0 Å². The number of amides is 1. The van der Waals surface area contributed by atoms with Crippen molar-refractivity contribution in [1.29, 1.82) is 0 Å². The summed E-state index contributed by atoms with van der Waals surface area (Å²) in [5.41, 5.74) is 6.98. The number of carbonyl (C=O) groups is 1. The van der Waals surface area contributed by atoms with Gasteiger partial charge in [0.2, 0.25) is 5.91 Å². The monoisotopic (exact) mass is 374 g/mol. The molecule has 0 bridgehead atoms. The van der Waals surface area contributed by atoms with Crippen LogP contribution in [-0.4, -0.2) is 12.5 Å². The Morgan fingerprint density at radius 2 is 2.19 bits per heavy atom. The van der Waals surface area contributed by atoms with E-state index in [1.807, 2.05) is 30.4 Å². The molecule has 26 heavy (non-hydrogen) atoms. The van der Waals surface area contributed by atoms with Crippen molar-refractivity contribution in [2.75, 3.05) is 6.54 Å². The van der Waals surface area contributed by atoms with Crippen LogP contribution in [0.25, 0.3) is 0 Å². The van der Waals surface area contributed by atoms with Gasteiger partial charge >= 0.3 is 0 Å². The zero-order chi connectivity index (χ0) is 18.9. The zero-order valence-corrected chi connectivity index (χ0v) is 16.2. The summed E-state index contributed by atoms with van der Waals surface area (Å²) in [6.45, 7) is 6.26. The van der Waals surface area contributed by atoms with E-state index in [9.17, 15) is 4.79 Å². The lowest BCUT2D eigenvalue weighted by atomic mass is 10.1. The molecule has 3 N–H and O–H groups in total. The van der Waals surface area contributed by atoms with E-state index in [0.717, 1.165) is 24.6 Å². The molecule has 1 atom stereocenters. The van der Waals surface area contributed by atoms with Crippen LogP contribution in [0.2, 0.25) is 5.02 Å². The molecule has 1 aromatic carbocycles. The fourth-order valence-electron chi connectivity index (χ4n) is 2.51. The molecule has 1 amide bonds. The first-order chi connectivity index (χ1) is 12.5. The average Bonchev–Trinajstić information content (AvgIpc) is 2.86. The Balaban J connectivity index is 1.94. The predicted molar refractivity (Wildman–Crippen MR) is 107 cm³/mol. The van der Waals surface area contributed by atoms with Crippen LogP contribution >= 0.6 is 11.6 Å². The van der Waals surface area contributed by atoms with Crippen molar-refractivity contribution in [3.05, 3.63) is 64.4 Å². The highest BCUT2D eigenvalue weighted by Gasteiger charge is 2.08. The SMILES string of the molecule is CCC(C)CCNCc1ccc(OC2=CC=C(C(N)=O)CC=C2)c(Cl)c1. The minimum Gasteiger partial charge on any atom is -0.456 e. The smallest absolute Gasteiger partial charge is 0.244 e. The Kier molecular flexibility index (Phi) is 7.95. The van der Waals surface area contributed by atoms with Crippen molar-refractivity contribution in [2.24, 2.45) is 11.7 Å². The van der Waals surface area contributed by atoms with E-state index in [0.29, 0.717) is 28.5 Å². The summed E-state index contributed by atoms with van der Waals surface area (Å²) < 4.78 is 5.85.